The normalized spacial score (nSPS) is 12.2. The fourth-order valence-corrected chi connectivity index (χ4v) is 4.16. The lowest BCUT2D eigenvalue weighted by Crippen LogP contribution is -2.13. The smallest absolute Gasteiger partial charge is 0.336 e. The third-order valence-corrected chi connectivity index (χ3v) is 5.95. The van der Waals surface area contributed by atoms with Crippen LogP contribution in [0.3, 0.4) is 0 Å². The number of amides is 1. The Morgan fingerprint density at radius 1 is 1.15 bits per heavy atom. The molecule has 0 fully saturated rings. The third-order valence-electron chi connectivity index (χ3n) is 5.07. The summed E-state index contributed by atoms with van der Waals surface area (Å²) in [5.41, 5.74) is 2.33. The molecule has 0 spiro atoms. The van der Waals surface area contributed by atoms with Gasteiger partial charge in [-0.15, -0.1) is 16.4 Å². The number of anilines is 1. The third kappa shape index (κ3) is 4.89. The quantitative estimate of drug-likeness (QED) is 0.388. The first kappa shape index (κ1) is 22.0. The molecule has 1 N–H and O–H groups in total. The van der Waals surface area contributed by atoms with Crippen LogP contribution in [0.5, 0.6) is 17.5 Å². The Bertz CT molecular complexity index is 1280. The SMILES string of the molecule is CC(C)COc1nc(-c2ccc3c(c2)OCO3)n(-c2ccc(NC(=O)Cc3cccs3)cc2)n1. The maximum absolute atomic E-state index is 12.3. The molecule has 0 unspecified atom stereocenters. The molecule has 2 aromatic heterocycles. The molecule has 0 radical (unpaired) electrons. The molecular weight excluding hydrogens is 452 g/mol. The van der Waals surface area contributed by atoms with Crippen LogP contribution in [0.25, 0.3) is 17.1 Å². The van der Waals surface area contributed by atoms with E-state index < -0.39 is 0 Å². The van der Waals surface area contributed by atoms with Crippen LogP contribution in [-0.2, 0) is 11.2 Å². The first-order valence-corrected chi connectivity index (χ1v) is 11.9. The van der Waals surface area contributed by atoms with E-state index in [9.17, 15) is 4.79 Å². The van der Waals surface area contributed by atoms with Gasteiger partial charge in [-0.3, -0.25) is 4.79 Å². The summed E-state index contributed by atoms with van der Waals surface area (Å²) in [6, 6.07) is 17.3. The van der Waals surface area contributed by atoms with Crippen molar-refractivity contribution in [3.05, 3.63) is 64.9 Å². The Balaban J connectivity index is 1.40. The number of carbonyl (C=O) groups excluding carboxylic acids is 1. The van der Waals surface area contributed by atoms with Crippen molar-refractivity contribution < 1.29 is 19.0 Å². The van der Waals surface area contributed by atoms with Crippen molar-refractivity contribution in [1.29, 1.82) is 0 Å². The van der Waals surface area contributed by atoms with Crippen LogP contribution in [0.2, 0.25) is 0 Å². The zero-order chi connectivity index (χ0) is 23.5. The van der Waals surface area contributed by atoms with Gasteiger partial charge in [-0.05, 0) is 59.8 Å². The Morgan fingerprint density at radius 2 is 1.97 bits per heavy atom. The van der Waals surface area contributed by atoms with Crippen LogP contribution in [-0.4, -0.2) is 34.1 Å². The first-order chi connectivity index (χ1) is 16.5. The molecule has 2 aromatic carbocycles. The largest absolute Gasteiger partial charge is 0.462 e. The van der Waals surface area contributed by atoms with Gasteiger partial charge in [-0.1, -0.05) is 19.9 Å². The monoisotopic (exact) mass is 476 g/mol. The summed E-state index contributed by atoms with van der Waals surface area (Å²) in [4.78, 5) is 18.0. The van der Waals surface area contributed by atoms with E-state index in [2.05, 4.69) is 29.2 Å². The molecule has 0 saturated heterocycles. The lowest BCUT2D eigenvalue weighted by Gasteiger charge is -2.09. The average molecular weight is 477 g/mol. The second-order valence-corrected chi connectivity index (χ2v) is 9.29. The van der Waals surface area contributed by atoms with Crippen molar-refractivity contribution in [2.45, 2.75) is 20.3 Å². The van der Waals surface area contributed by atoms with Gasteiger partial charge in [0.1, 0.15) is 0 Å². The summed E-state index contributed by atoms with van der Waals surface area (Å²) in [7, 11) is 0. The zero-order valence-corrected chi connectivity index (χ0v) is 19.7. The van der Waals surface area contributed by atoms with Crippen LogP contribution in [0.15, 0.2) is 60.0 Å². The molecule has 9 heteroatoms. The van der Waals surface area contributed by atoms with Crippen molar-refractivity contribution in [2.75, 3.05) is 18.7 Å². The number of rotatable bonds is 8. The van der Waals surface area contributed by atoms with E-state index >= 15 is 0 Å². The van der Waals surface area contributed by atoms with Gasteiger partial charge < -0.3 is 19.5 Å². The minimum Gasteiger partial charge on any atom is -0.462 e. The summed E-state index contributed by atoms with van der Waals surface area (Å²) >= 11 is 1.57. The Kier molecular flexibility index (Phi) is 6.18. The van der Waals surface area contributed by atoms with E-state index in [0.717, 1.165) is 16.1 Å². The molecule has 0 saturated carbocycles. The molecular formula is C25H24N4O4S. The number of nitrogens with one attached hydrogen (secondary N) is 1. The van der Waals surface area contributed by atoms with Crippen molar-refractivity contribution in [3.63, 3.8) is 0 Å². The zero-order valence-electron chi connectivity index (χ0n) is 18.9. The van der Waals surface area contributed by atoms with Crippen LogP contribution in [0, 0.1) is 5.92 Å². The summed E-state index contributed by atoms with van der Waals surface area (Å²) in [6.45, 7) is 4.86. The van der Waals surface area contributed by atoms with E-state index in [1.54, 1.807) is 16.0 Å². The lowest BCUT2D eigenvalue weighted by molar-refractivity contribution is -0.115. The predicted molar refractivity (Wildman–Crippen MR) is 130 cm³/mol. The highest BCUT2D eigenvalue weighted by Gasteiger charge is 2.19. The minimum atomic E-state index is -0.0543. The summed E-state index contributed by atoms with van der Waals surface area (Å²) in [6.07, 6.45) is 0.354. The number of hydrogen-bond donors (Lipinski definition) is 1. The van der Waals surface area contributed by atoms with Crippen LogP contribution in [0.4, 0.5) is 5.69 Å². The Labute approximate surface area is 201 Å². The standard InChI is InChI=1S/C25H24N4O4S/c1-16(2)14-31-25-27-24(17-5-10-21-22(12-17)33-15-32-21)29(28-25)19-8-6-18(7-9-19)26-23(30)13-20-4-3-11-34-20/h3-12,16H,13-15H2,1-2H3,(H,26,30). The number of thiophene rings is 1. The second-order valence-electron chi connectivity index (χ2n) is 8.25. The molecule has 0 aliphatic carbocycles. The van der Waals surface area contributed by atoms with Gasteiger partial charge in [-0.2, -0.15) is 4.98 Å². The van der Waals surface area contributed by atoms with Gasteiger partial charge in [0.2, 0.25) is 12.7 Å². The number of fused-ring (bicyclic) bond motifs is 1. The molecule has 34 heavy (non-hydrogen) atoms. The molecule has 174 valence electrons. The molecule has 4 aromatic rings. The highest BCUT2D eigenvalue weighted by atomic mass is 32.1. The highest BCUT2D eigenvalue weighted by molar-refractivity contribution is 7.10. The Hall–Kier alpha value is -3.85. The van der Waals surface area contributed by atoms with Crippen LogP contribution < -0.4 is 19.5 Å². The number of carbonyl (C=O) groups is 1. The first-order valence-electron chi connectivity index (χ1n) is 11.0. The lowest BCUT2D eigenvalue weighted by atomic mass is 10.2. The van der Waals surface area contributed by atoms with E-state index in [4.69, 9.17) is 14.2 Å². The van der Waals surface area contributed by atoms with Crippen LogP contribution in [0.1, 0.15) is 18.7 Å². The van der Waals surface area contributed by atoms with Gasteiger partial charge >= 0.3 is 6.01 Å². The van der Waals surface area contributed by atoms with Crippen molar-refractivity contribution in [3.8, 4) is 34.6 Å². The van der Waals surface area contributed by atoms with E-state index in [1.807, 2.05) is 60.0 Å². The number of aromatic nitrogens is 3. The maximum atomic E-state index is 12.3. The second kappa shape index (κ2) is 9.56. The summed E-state index contributed by atoms with van der Waals surface area (Å²) in [5, 5.41) is 9.49. The number of benzene rings is 2. The molecule has 0 bridgehead atoms. The predicted octanol–water partition coefficient (Wildman–Crippen LogP) is 4.94. The fraction of sp³-hybridized carbons (Fsp3) is 0.240. The van der Waals surface area contributed by atoms with Gasteiger partial charge in [0.25, 0.3) is 0 Å². The fourth-order valence-electron chi connectivity index (χ4n) is 3.46. The average Bonchev–Trinajstić information content (AvgIpc) is 3.58. The van der Waals surface area contributed by atoms with Gasteiger partial charge in [0, 0.05) is 16.1 Å². The molecule has 1 aliphatic rings. The maximum Gasteiger partial charge on any atom is 0.336 e. The summed E-state index contributed by atoms with van der Waals surface area (Å²) < 4.78 is 18.5. The summed E-state index contributed by atoms with van der Waals surface area (Å²) in [5.74, 6) is 2.28. The van der Waals surface area contributed by atoms with Gasteiger partial charge in [0.05, 0.1) is 18.7 Å². The van der Waals surface area contributed by atoms with Crippen molar-refractivity contribution in [2.24, 2.45) is 5.92 Å². The number of hydrogen-bond acceptors (Lipinski definition) is 7. The van der Waals surface area contributed by atoms with Crippen molar-refractivity contribution in [1.82, 2.24) is 14.8 Å². The van der Waals surface area contributed by atoms with E-state index in [0.29, 0.717) is 48.0 Å². The topological polar surface area (TPSA) is 87.5 Å². The van der Waals surface area contributed by atoms with E-state index in [-0.39, 0.29) is 12.7 Å². The van der Waals surface area contributed by atoms with Gasteiger partial charge in [-0.25, -0.2) is 4.68 Å². The molecule has 5 rings (SSSR count). The minimum absolute atomic E-state index is 0.0543. The van der Waals surface area contributed by atoms with Crippen LogP contribution >= 0.6 is 11.3 Å². The number of nitrogens with zero attached hydrogens (tertiary/aromatic N) is 3. The molecule has 0 atom stereocenters. The van der Waals surface area contributed by atoms with Crippen molar-refractivity contribution >= 4 is 22.9 Å². The molecule has 8 nitrogen and oxygen atoms in total. The highest BCUT2D eigenvalue weighted by Crippen LogP contribution is 2.36. The Morgan fingerprint density at radius 3 is 2.74 bits per heavy atom. The molecule has 3 heterocycles. The molecule has 1 amide bonds. The van der Waals surface area contributed by atoms with E-state index in [1.165, 1.54) is 0 Å². The van der Waals surface area contributed by atoms with Gasteiger partial charge in [0.15, 0.2) is 17.3 Å². The molecule has 1 aliphatic heterocycles. The number of ether oxygens (including phenoxy) is 3.